The summed E-state index contributed by atoms with van der Waals surface area (Å²) < 4.78 is 11.5. The van der Waals surface area contributed by atoms with E-state index in [1.807, 2.05) is 0 Å². The van der Waals surface area contributed by atoms with Crippen LogP contribution in [0.25, 0.3) is 0 Å². The maximum Gasteiger partial charge on any atom is 0.272 e. The van der Waals surface area contributed by atoms with E-state index in [0.29, 0.717) is 18.8 Å². The predicted molar refractivity (Wildman–Crippen MR) is 69.4 cm³/mol. The minimum atomic E-state index is -0.0934. The van der Waals surface area contributed by atoms with Crippen LogP contribution in [0.3, 0.4) is 0 Å². The third kappa shape index (κ3) is 2.71. The molecule has 0 aliphatic carbocycles. The number of halogens is 1. The van der Waals surface area contributed by atoms with Crippen LogP contribution in [0.2, 0.25) is 0 Å². The molecule has 18 heavy (non-hydrogen) atoms. The molecule has 2 heterocycles. The molecule has 0 bridgehead atoms. The van der Waals surface area contributed by atoms with Crippen molar-refractivity contribution in [3.8, 4) is 0 Å². The van der Waals surface area contributed by atoms with Gasteiger partial charge in [0.15, 0.2) is 0 Å². The summed E-state index contributed by atoms with van der Waals surface area (Å²) in [5.74, 6) is -0.0934. The fourth-order valence-corrected chi connectivity index (χ4v) is 2.26. The summed E-state index contributed by atoms with van der Waals surface area (Å²) in [5.41, 5.74) is 0.435. The van der Waals surface area contributed by atoms with Gasteiger partial charge in [0, 0.05) is 38.0 Å². The van der Waals surface area contributed by atoms with Crippen molar-refractivity contribution in [2.75, 3.05) is 27.3 Å². The van der Waals surface area contributed by atoms with E-state index in [2.05, 4.69) is 20.9 Å². The first kappa shape index (κ1) is 13.5. The molecule has 2 rings (SSSR count). The summed E-state index contributed by atoms with van der Waals surface area (Å²) in [7, 11) is 3.26. The molecule has 1 aliphatic heterocycles. The van der Waals surface area contributed by atoms with Gasteiger partial charge in [-0.2, -0.15) is 0 Å². The first-order chi connectivity index (χ1) is 8.65. The minimum Gasteiger partial charge on any atom is -0.377 e. The van der Waals surface area contributed by atoms with Gasteiger partial charge in [0.25, 0.3) is 5.91 Å². The smallest absolute Gasteiger partial charge is 0.272 e. The van der Waals surface area contributed by atoms with Crippen LogP contribution in [0.5, 0.6) is 0 Å². The summed E-state index contributed by atoms with van der Waals surface area (Å²) in [6, 6.07) is 3.51. The van der Waals surface area contributed by atoms with Gasteiger partial charge in [0.1, 0.15) is 17.9 Å². The van der Waals surface area contributed by atoms with Crippen LogP contribution in [0.1, 0.15) is 10.5 Å². The molecule has 1 saturated heterocycles. The Balaban J connectivity index is 2.09. The molecule has 5 nitrogen and oxygen atoms in total. The van der Waals surface area contributed by atoms with Gasteiger partial charge >= 0.3 is 0 Å². The number of ether oxygens (including phenoxy) is 2. The fraction of sp³-hybridized carbons (Fsp3) is 0.500. The van der Waals surface area contributed by atoms with Crippen LogP contribution in [-0.4, -0.2) is 55.3 Å². The number of hydrogen-bond donors (Lipinski definition) is 0. The SMILES string of the molecule is COC1CN(C(=O)c2ccc(Br)cn2)CC1OC. The summed E-state index contributed by atoms with van der Waals surface area (Å²) in [6.45, 7) is 1.07. The highest BCUT2D eigenvalue weighted by Gasteiger charge is 2.36. The maximum atomic E-state index is 12.2. The first-order valence-electron chi connectivity index (χ1n) is 5.62. The number of nitrogens with zero attached hydrogens (tertiary/aromatic N) is 2. The van der Waals surface area contributed by atoms with Crippen molar-refractivity contribution < 1.29 is 14.3 Å². The second-order valence-electron chi connectivity index (χ2n) is 4.12. The van der Waals surface area contributed by atoms with E-state index >= 15 is 0 Å². The standard InChI is InChI=1S/C12H15BrN2O3/c1-17-10-6-15(7-11(10)18-2)12(16)9-4-3-8(13)5-14-9/h3-5,10-11H,6-7H2,1-2H3. The Morgan fingerprint density at radius 3 is 2.39 bits per heavy atom. The Hall–Kier alpha value is -0.980. The lowest BCUT2D eigenvalue weighted by atomic mass is 10.3. The molecule has 0 aromatic carbocycles. The van der Waals surface area contributed by atoms with Gasteiger partial charge in [0.05, 0.1) is 0 Å². The van der Waals surface area contributed by atoms with E-state index < -0.39 is 0 Å². The number of hydrogen-bond acceptors (Lipinski definition) is 4. The van der Waals surface area contributed by atoms with Crippen molar-refractivity contribution in [3.63, 3.8) is 0 Å². The summed E-state index contributed by atoms with van der Waals surface area (Å²) in [4.78, 5) is 18.0. The summed E-state index contributed by atoms with van der Waals surface area (Å²) in [6.07, 6.45) is 1.47. The minimum absolute atomic E-state index is 0.0746. The van der Waals surface area contributed by atoms with Crippen LogP contribution in [-0.2, 0) is 9.47 Å². The van der Waals surface area contributed by atoms with E-state index in [0.717, 1.165) is 4.47 Å². The zero-order chi connectivity index (χ0) is 13.1. The molecule has 1 aliphatic rings. The van der Waals surface area contributed by atoms with Crippen molar-refractivity contribution >= 4 is 21.8 Å². The molecule has 98 valence electrons. The van der Waals surface area contributed by atoms with Crippen LogP contribution in [0, 0.1) is 0 Å². The number of rotatable bonds is 3. The normalized spacial score (nSPS) is 23.4. The Morgan fingerprint density at radius 2 is 1.94 bits per heavy atom. The van der Waals surface area contributed by atoms with E-state index in [1.54, 1.807) is 37.4 Å². The molecule has 0 saturated carbocycles. The highest BCUT2D eigenvalue weighted by Crippen LogP contribution is 2.18. The average molecular weight is 315 g/mol. The molecule has 1 amide bonds. The lowest BCUT2D eigenvalue weighted by Gasteiger charge is -2.14. The molecular weight excluding hydrogens is 300 g/mol. The molecule has 1 aromatic heterocycles. The molecule has 2 atom stereocenters. The Kier molecular flexibility index (Phi) is 4.31. The van der Waals surface area contributed by atoms with Crippen LogP contribution in [0.15, 0.2) is 22.8 Å². The number of carbonyl (C=O) groups excluding carboxylic acids is 1. The van der Waals surface area contributed by atoms with Gasteiger partial charge in [0.2, 0.25) is 0 Å². The highest BCUT2D eigenvalue weighted by molar-refractivity contribution is 9.10. The van der Waals surface area contributed by atoms with Crippen LogP contribution >= 0.6 is 15.9 Å². The zero-order valence-electron chi connectivity index (χ0n) is 10.3. The largest absolute Gasteiger partial charge is 0.377 e. The number of methoxy groups -OCH3 is 2. The lowest BCUT2D eigenvalue weighted by Crippen LogP contribution is -2.30. The molecule has 0 N–H and O–H groups in total. The quantitative estimate of drug-likeness (QED) is 0.844. The van der Waals surface area contributed by atoms with Gasteiger partial charge < -0.3 is 14.4 Å². The lowest BCUT2D eigenvalue weighted by molar-refractivity contribution is -0.00461. The van der Waals surface area contributed by atoms with Crippen molar-refractivity contribution in [1.29, 1.82) is 0 Å². The Labute approximate surface area is 114 Å². The number of aromatic nitrogens is 1. The fourth-order valence-electron chi connectivity index (χ4n) is 2.03. The number of likely N-dealkylation sites (tertiary alicyclic amines) is 1. The molecule has 0 radical (unpaired) electrons. The third-order valence-corrected chi connectivity index (χ3v) is 3.52. The molecule has 0 spiro atoms. The Morgan fingerprint density at radius 1 is 1.33 bits per heavy atom. The van der Waals surface area contributed by atoms with E-state index in [9.17, 15) is 4.79 Å². The van der Waals surface area contributed by atoms with Gasteiger partial charge in [-0.25, -0.2) is 4.98 Å². The third-order valence-electron chi connectivity index (χ3n) is 3.05. The highest BCUT2D eigenvalue weighted by atomic mass is 79.9. The zero-order valence-corrected chi connectivity index (χ0v) is 11.9. The molecular formula is C12H15BrN2O3. The molecule has 2 unspecified atom stereocenters. The average Bonchev–Trinajstić information content (AvgIpc) is 2.82. The molecule has 6 heteroatoms. The van der Waals surface area contributed by atoms with Crippen molar-refractivity contribution in [2.24, 2.45) is 0 Å². The summed E-state index contributed by atoms with van der Waals surface area (Å²) >= 11 is 3.29. The second kappa shape index (κ2) is 5.77. The monoisotopic (exact) mass is 314 g/mol. The van der Waals surface area contributed by atoms with Crippen molar-refractivity contribution in [2.45, 2.75) is 12.2 Å². The second-order valence-corrected chi connectivity index (χ2v) is 5.04. The van der Waals surface area contributed by atoms with E-state index in [-0.39, 0.29) is 18.1 Å². The number of amides is 1. The topological polar surface area (TPSA) is 51.7 Å². The number of pyridine rings is 1. The molecule has 1 aromatic rings. The first-order valence-corrected chi connectivity index (χ1v) is 6.41. The van der Waals surface area contributed by atoms with E-state index in [1.165, 1.54) is 0 Å². The summed E-state index contributed by atoms with van der Waals surface area (Å²) in [5, 5.41) is 0. The van der Waals surface area contributed by atoms with Crippen LogP contribution < -0.4 is 0 Å². The van der Waals surface area contributed by atoms with Gasteiger partial charge in [-0.1, -0.05) is 0 Å². The van der Waals surface area contributed by atoms with Gasteiger partial charge in [-0.05, 0) is 28.1 Å². The van der Waals surface area contributed by atoms with Crippen molar-refractivity contribution in [3.05, 3.63) is 28.5 Å². The van der Waals surface area contributed by atoms with Crippen LogP contribution in [0.4, 0.5) is 0 Å². The number of carbonyl (C=O) groups is 1. The predicted octanol–water partition coefficient (Wildman–Crippen LogP) is 1.33. The Bertz CT molecular complexity index is 412. The van der Waals surface area contributed by atoms with Gasteiger partial charge in [-0.15, -0.1) is 0 Å². The van der Waals surface area contributed by atoms with Crippen molar-refractivity contribution in [1.82, 2.24) is 9.88 Å². The van der Waals surface area contributed by atoms with Gasteiger partial charge in [-0.3, -0.25) is 4.79 Å². The maximum absolute atomic E-state index is 12.2. The molecule has 1 fully saturated rings. The van der Waals surface area contributed by atoms with E-state index in [4.69, 9.17) is 9.47 Å².